The van der Waals surface area contributed by atoms with E-state index >= 15 is 0 Å². The molecule has 0 aromatic carbocycles. The monoisotopic (exact) mass is 500 g/mol. The van der Waals surface area contributed by atoms with Crippen LogP contribution in [0.25, 0.3) is 0 Å². The molecule has 2 aliphatic heterocycles. The van der Waals surface area contributed by atoms with E-state index in [1.54, 1.807) is 7.05 Å². The highest BCUT2D eigenvalue weighted by atomic mass is 32.2. The number of hydrogen-bond acceptors (Lipinski definition) is 9. The normalized spacial score (nSPS) is 22.1. The van der Waals surface area contributed by atoms with Crippen LogP contribution in [0.4, 0.5) is 13.2 Å². The number of amides is 2. The van der Waals surface area contributed by atoms with Gasteiger partial charge in [-0.1, -0.05) is 11.8 Å². The first kappa shape index (κ1) is 23.5. The number of halogens is 3. The fraction of sp³-hybridized carbons (Fsp3) is 0.571. The Balaban J connectivity index is 1.65. The minimum Gasteiger partial charge on any atom is -0.477 e. The Bertz CT molecular complexity index is 968. The third kappa shape index (κ3) is 5.38. The number of aromatic nitrogens is 4. The van der Waals surface area contributed by atoms with Crippen LogP contribution < -0.4 is 5.32 Å². The van der Waals surface area contributed by atoms with E-state index in [1.807, 2.05) is 0 Å². The summed E-state index contributed by atoms with van der Waals surface area (Å²) in [4.78, 5) is 37.2. The average Bonchev–Trinajstić information content (AvgIpc) is 3.06. The van der Waals surface area contributed by atoms with Gasteiger partial charge in [0.2, 0.25) is 11.1 Å². The number of nitrogens with zero attached hydrogens (tertiary/aromatic N) is 5. The van der Waals surface area contributed by atoms with Crippen LogP contribution in [-0.4, -0.2) is 92.8 Å². The van der Waals surface area contributed by atoms with Gasteiger partial charge in [0.1, 0.15) is 28.6 Å². The van der Waals surface area contributed by atoms with E-state index in [1.165, 1.54) is 28.2 Å². The van der Waals surface area contributed by atoms with E-state index in [2.05, 4.69) is 20.8 Å². The fourth-order valence-electron chi connectivity index (χ4n) is 2.88. The third-order valence-corrected chi connectivity index (χ3v) is 7.81. The molecule has 1 fully saturated rings. The Morgan fingerprint density at radius 2 is 2.13 bits per heavy atom. The molecule has 170 valence electrons. The van der Waals surface area contributed by atoms with Crippen LogP contribution in [0.5, 0.6) is 0 Å². The number of aryl methyl sites for hydroxylation is 1. The summed E-state index contributed by atoms with van der Waals surface area (Å²) in [6, 6.07) is -1.10. The van der Waals surface area contributed by atoms with Crippen molar-refractivity contribution in [1.82, 2.24) is 30.4 Å². The minimum atomic E-state index is -4.68. The summed E-state index contributed by atoms with van der Waals surface area (Å²) in [6.45, 7) is 0. The zero-order valence-electron chi connectivity index (χ0n) is 15.7. The Morgan fingerprint density at radius 1 is 1.42 bits per heavy atom. The maximum absolute atomic E-state index is 12.5. The lowest BCUT2D eigenvalue weighted by Crippen LogP contribution is -2.70. The highest BCUT2D eigenvalue weighted by Gasteiger charge is 2.54. The Kier molecular flexibility index (Phi) is 6.95. The standard InChI is InChI=1S/C14H15F3N6O5S3/c1-22-13(19-20-21-22)30-3-6-2-29-11-8(10(25)23(11)9(6)12(26)27)18-7(24)4-31(28)5-14(15,16)17/h8,11H,2-5H2,1H3,(H,18,24)(H,26,27)/t8-,11-,31?/m1/s1. The predicted octanol–water partition coefficient (Wildman–Crippen LogP) is -0.648. The number of tetrazole rings is 1. The second kappa shape index (κ2) is 9.15. The number of carboxylic acid groups (broad SMARTS) is 1. The number of β-lactam (4-membered cyclic amide) rings is 1. The summed E-state index contributed by atoms with van der Waals surface area (Å²) in [5.41, 5.74) is 0.258. The van der Waals surface area contributed by atoms with Crippen molar-refractivity contribution in [2.24, 2.45) is 7.05 Å². The zero-order valence-corrected chi connectivity index (χ0v) is 18.1. The summed E-state index contributed by atoms with van der Waals surface area (Å²) < 4.78 is 49.6. The number of rotatable bonds is 8. The van der Waals surface area contributed by atoms with E-state index in [0.29, 0.717) is 10.7 Å². The van der Waals surface area contributed by atoms with Gasteiger partial charge in [-0.3, -0.25) is 18.7 Å². The Morgan fingerprint density at radius 3 is 2.71 bits per heavy atom. The minimum absolute atomic E-state index is 0.206. The summed E-state index contributed by atoms with van der Waals surface area (Å²) in [5, 5.41) is 22.5. The van der Waals surface area contributed by atoms with Gasteiger partial charge in [-0.15, -0.1) is 16.9 Å². The number of thioether (sulfide) groups is 2. The van der Waals surface area contributed by atoms with Crippen LogP contribution in [0.15, 0.2) is 16.4 Å². The van der Waals surface area contributed by atoms with Crippen molar-refractivity contribution in [2.45, 2.75) is 22.7 Å². The maximum Gasteiger partial charge on any atom is 0.400 e. The Labute approximate surface area is 183 Å². The maximum atomic E-state index is 12.5. The van der Waals surface area contributed by atoms with Crippen LogP contribution in [0.2, 0.25) is 0 Å². The van der Waals surface area contributed by atoms with Gasteiger partial charge in [0.05, 0.1) is 0 Å². The third-order valence-electron chi connectivity index (χ3n) is 4.14. The molecule has 17 heteroatoms. The molecule has 3 atom stereocenters. The van der Waals surface area contributed by atoms with E-state index in [4.69, 9.17) is 0 Å². The highest BCUT2D eigenvalue weighted by Crippen LogP contribution is 2.41. The van der Waals surface area contributed by atoms with Crippen LogP contribution >= 0.6 is 23.5 Å². The van der Waals surface area contributed by atoms with Crippen molar-refractivity contribution in [1.29, 1.82) is 0 Å². The largest absolute Gasteiger partial charge is 0.477 e. The summed E-state index contributed by atoms with van der Waals surface area (Å²) in [7, 11) is -0.848. The number of carbonyl (C=O) groups is 3. The van der Waals surface area contributed by atoms with Crippen molar-refractivity contribution in [3.8, 4) is 0 Å². The SMILES string of the molecule is Cn1nnnc1SCC1=C(C(=O)O)N2C(=O)[C@@H](NC(=O)CS(=O)CC(F)(F)F)[C@H]2SC1. The second-order valence-corrected chi connectivity index (χ2v) is 9.93. The van der Waals surface area contributed by atoms with Crippen molar-refractivity contribution in [2.75, 3.05) is 23.0 Å². The van der Waals surface area contributed by atoms with Gasteiger partial charge >= 0.3 is 12.1 Å². The van der Waals surface area contributed by atoms with E-state index < -0.39 is 57.7 Å². The first-order valence-corrected chi connectivity index (χ1v) is 12.0. The van der Waals surface area contributed by atoms with E-state index in [-0.39, 0.29) is 17.2 Å². The first-order chi connectivity index (χ1) is 14.5. The van der Waals surface area contributed by atoms with Crippen LogP contribution in [-0.2, 0) is 32.2 Å². The lowest BCUT2D eigenvalue weighted by atomic mass is 10.0. The molecule has 31 heavy (non-hydrogen) atoms. The molecule has 2 N–H and O–H groups in total. The molecule has 11 nitrogen and oxygen atoms in total. The molecule has 3 rings (SSSR count). The van der Waals surface area contributed by atoms with Crippen LogP contribution in [0.3, 0.4) is 0 Å². The first-order valence-electron chi connectivity index (χ1n) is 8.44. The molecular formula is C14H15F3N6O5S3. The lowest BCUT2D eigenvalue weighted by Gasteiger charge is -2.49. The van der Waals surface area contributed by atoms with Crippen molar-refractivity contribution >= 4 is 52.1 Å². The quantitative estimate of drug-likeness (QED) is 0.349. The van der Waals surface area contributed by atoms with E-state index in [0.717, 1.165) is 4.90 Å². The molecule has 0 spiro atoms. The number of carbonyl (C=O) groups excluding carboxylic acids is 2. The molecule has 0 radical (unpaired) electrons. The average molecular weight is 501 g/mol. The molecule has 0 saturated carbocycles. The van der Waals surface area contributed by atoms with Crippen molar-refractivity contribution in [3.63, 3.8) is 0 Å². The summed E-state index contributed by atoms with van der Waals surface area (Å²) in [6.07, 6.45) is -4.68. The van der Waals surface area contributed by atoms with Crippen LogP contribution in [0.1, 0.15) is 0 Å². The Hall–Kier alpha value is -2.14. The van der Waals surface area contributed by atoms with Gasteiger partial charge in [-0.25, -0.2) is 9.48 Å². The molecule has 0 bridgehead atoms. The van der Waals surface area contributed by atoms with Gasteiger partial charge in [0.15, 0.2) is 0 Å². The van der Waals surface area contributed by atoms with E-state index in [9.17, 15) is 36.9 Å². The topological polar surface area (TPSA) is 147 Å². The lowest BCUT2D eigenvalue weighted by molar-refractivity contribution is -0.150. The van der Waals surface area contributed by atoms with Gasteiger partial charge in [0, 0.05) is 29.4 Å². The summed E-state index contributed by atoms with van der Waals surface area (Å²) >= 11 is 2.40. The molecule has 3 heterocycles. The van der Waals surface area contributed by atoms with Gasteiger partial charge < -0.3 is 10.4 Å². The fourth-order valence-corrected chi connectivity index (χ4v) is 6.06. The van der Waals surface area contributed by atoms with Gasteiger partial charge in [-0.05, 0) is 16.0 Å². The van der Waals surface area contributed by atoms with Crippen LogP contribution in [0, 0.1) is 0 Å². The number of fused-ring (bicyclic) bond motifs is 1. The molecule has 1 aromatic heterocycles. The van der Waals surface area contributed by atoms with Crippen molar-refractivity contribution < 1.29 is 36.9 Å². The molecule has 1 unspecified atom stereocenters. The number of nitrogens with one attached hydrogen (secondary N) is 1. The number of aliphatic carboxylic acids is 1. The van der Waals surface area contributed by atoms with Gasteiger partial charge in [-0.2, -0.15) is 13.2 Å². The smallest absolute Gasteiger partial charge is 0.400 e. The molecule has 2 aliphatic rings. The summed E-state index contributed by atoms with van der Waals surface area (Å²) in [5.74, 6) is -5.06. The zero-order chi connectivity index (χ0) is 22.9. The molecule has 1 aromatic rings. The molecule has 2 amide bonds. The number of alkyl halides is 3. The molecule has 0 aliphatic carbocycles. The molecule has 1 saturated heterocycles. The van der Waals surface area contributed by atoms with Crippen molar-refractivity contribution in [3.05, 3.63) is 11.3 Å². The highest BCUT2D eigenvalue weighted by molar-refractivity contribution is 8.01. The van der Waals surface area contributed by atoms with Gasteiger partial charge in [0.25, 0.3) is 5.91 Å². The second-order valence-electron chi connectivity index (χ2n) is 6.43. The predicted molar refractivity (Wildman–Crippen MR) is 103 cm³/mol. The number of carboxylic acids is 1. The number of hydrogen-bond donors (Lipinski definition) is 2. The molecular weight excluding hydrogens is 485 g/mol.